The molecule has 1 fully saturated rings. The van der Waals surface area contributed by atoms with Crippen molar-refractivity contribution in [1.82, 2.24) is 15.0 Å². The number of amides is 2. The van der Waals surface area contributed by atoms with Crippen molar-refractivity contribution >= 4 is 29.9 Å². The molecule has 7 nitrogen and oxygen atoms in total. The van der Waals surface area contributed by atoms with Gasteiger partial charge in [-0.1, -0.05) is 17.7 Å². The second-order valence-corrected chi connectivity index (χ2v) is 7.44. The molecule has 0 spiro atoms. The van der Waals surface area contributed by atoms with Crippen molar-refractivity contribution in [2.75, 3.05) is 23.4 Å². The van der Waals surface area contributed by atoms with Gasteiger partial charge in [-0.3, -0.25) is 14.6 Å². The van der Waals surface area contributed by atoms with E-state index in [1.54, 1.807) is 36.4 Å². The molecule has 0 radical (unpaired) electrons. The highest BCUT2D eigenvalue weighted by atomic mass is 19.1. The second kappa shape index (κ2) is 10.1. The number of benzene rings is 1. The molecule has 1 aromatic carbocycles. The van der Waals surface area contributed by atoms with Gasteiger partial charge in [-0.2, -0.15) is 0 Å². The molecule has 3 heterocycles. The molecule has 9 heteroatoms. The number of anilines is 2. The Morgan fingerprint density at radius 3 is 2.55 bits per heavy atom. The zero-order valence-electron chi connectivity index (χ0n) is 17.6. The van der Waals surface area contributed by atoms with Gasteiger partial charge in [-0.25, -0.2) is 23.8 Å². The second-order valence-electron chi connectivity index (χ2n) is 7.44. The van der Waals surface area contributed by atoms with Crippen LogP contribution >= 0.6 is 0 Å². The van der Waals surface area contributed by atoms with E-state index in [0.717, 1.165) is 17.7 Å². The topological polar surface area (TPSA) is 78.4 Å². The van der Waals surface area contributed by atoms with Crippen molar-refractivity contribution in [3.05, 3.63) is 89.4 Å². The molecule has 2 amide bonds. The molecule has 168 valence electrons. The molecule has 0 atom stereocenters. The number of nitrogens with zero attached hydrogens (tertiary/aromatic N) is 4. The van der Waals surface area contributed by atoms with Crippen LogP contribution in [0.3, 0.4) is 0 Å². The minimum absolute atomic E-state index is 0.221. The fourth-order valence-electron chi connectivity index (χ4n) is 3.55. The molecule has 0 bridgehead atoms. The number of carbonyl (C=O) groups excluding carboxylic acids is 2. The largest absolute Gasteiger partial charge is 0.305 e. The Kier molecular flexibility index (Phi) is 6.80. The van der Waals surface area contributed by atoms with Crippen molar-refractivity contribution in [1.29, 1.82) is 0 Å². The van der Waals surface area contributed by atoms with Gasteiger partial charge in [-0.05, 0) is 55.3 Å². The molecule has 33 heavy (non-hydrogen) atoms. The summed E-state index contributed by atoms with van der Waals surface area (Å²) in [7, 11) is 0. The molecule has 1 aliphatic heterocycles. The maximum atomic E-state index is 13.9. The number of carbonyl (C=O) groups is 2. The highest BCUT2D eigenvalue weighted by molar-refractivity contribution is 6.02. The van der Waals surface area contributed by atoms with Gasteiger partial charge in [0.1, 0.15) is 23.1 Å². The highest BCUT2D eigenvalue weighted by Crippen LogP contribution is 2.24. The molecule has 0 saturated carbocycles. The Morgan fingerprint density at radius 2 is 1.88 bits per heavy atom. The molecular formula is C24H21F2N5O2. The first-order valence-electron chi connectivity index (χ1n) is 10.4. The van der Waals surface area contributed by atoms with E-state index in [-0.39, 0.29) is 17.2 Å². The van der Waals surface area contributed by atoms with Gasteiger partial charge in [0.15, 0.2) is 0 Å². The zero-order valence-corrected chi connectivity index (χ0v) is 17.6. The highest BCUT2D eigenvalue weighted by Gasteiger charge is 2.21. The Bertz CT molecular complexity index is 1160. The molecule has 1 N–H and O–H groups in total. The minimum Gasteiger partial charge on any atom is -0.305 e. The Hall–Kier alpha value is -3.98. The van der Waals surface area contributed by atoms with Crippen molar-refractivity contribution in [2.45, 2.75) is 12.8 Å². The number of nitrogens with one attached hydrogen (secondary N) is 1. The first-order chi connectivity index (χ1) is 16.0. The fourth-order valence-corrected chi connectivity index (χ4v) is 3.55. The van der Waals surface area contributed by atoms with Crippen molar-refractivity contribution in [3.8, 4) is 0 Å². The summed E-state index contributed by atoms with van der Waals surface area (Å²) < 4.78 is 27.3. The lowest BCUT2D eigenvalue weighted by Gasteiger charge is -2.35. The summed E-state index contributed by atoms with van der Waals surface area (Å²) in [6, 6.07) is 11.7. The van der Waals surface area contributed by atoms with Gasteiger partial charge in [0.25, 0.3) is 5.91 Å². The summed E-state index contributed by atoms with van der Waals surface area (Å²) in [6.07, 6.45) is 6.60. The van der Waals surface area contributed by atoms with Crippen LogP contribution in [0, 0.1) is 11.6 Å². The minimum atomic E-state index is -0.486. The number of hydrazine groups is 1. The summed E-state index contributed by atoms with van der Waals surface area (Å²) in [5.74, 6) is -1.00. The first-order valence-corrected chi connectivity index (χ1v) is 10.4. The van der Waals surface area contributed by atoms with E-state index < -0.39 is 11.6 Å². The third-order valence-electron chi connectivity index (χ3n) is 5.26. The number of hydrogen-bond donors (Lipinski definition) is 1. The van der Waals surface area contributed by atoms with Gasteiger partial charge in [0.2, 0.25) is 6.41 Å². The maximum absolute atomic E-state index is 13.9. The number of pyridine rings is 2. The van der Waals surface area contributed by atoms with Gasteiger partial charge < -0.3 is 5.32 Å². The summed E-state index contributed by atoms with van der Waals surface area (Å²) in [4.78, 5) is 32.2. The summed E-state index contributed by atoms with van der Waals surface area (Å²) in [5, 5.41) is 5.97. The van der Waals surface area contributed by atoms with Crippen molar-refractivity contribution < 1.29 is 18.4 Å². The molecule has 1 saturated heterocycles. The normalized spacial score (nSPS) is 13.9. The van der Waals surface area contributed by atoms with Crippen LogP contribution in [0.15, 0.2) is 66.5 Å². The molecule has 0 aliphatic carbocycles. The van der Waals surface area contributed by atoms with Crippen LogP contribution < -0.4 is 10.3 Å². The van der Waals surface area contributed by atoms with Crippen LogP contribution in [0.2, 0.25) is 0 Å². The molecule has 0 unspecified atom stereocenters. The standard InChI is InChI=1S/C24H21F2N5O2/c25-19-4-6-21(26)18(14-19)13-17-8-11-30(12-9-17)31(16-32)20-5-7-23(28-15-20)29-24(33)22-3-1-2-10-27-22/h1-7,10,13-16H,8-9,11-12H2,(H,28,29,33). The number of halogens is 2. The Labute approximate surface area is 189 Å². The first kappa shape index (κ1) is 22.2. The number of piperidine rings is 1. The third-order valence-corrected chi connectivity index (χ3v) is 5.26. The maximum Gasteiger partial charge on any atom is 0.275 e. The van der Waals surface area contributed by atoms with Crippen LogP contribution in [0.25, 0.3) is 6.08 Å². The summed E-state index contributed by atoms with van der Waals surface area (Å²) in [6.45, 7) is 1.05. The van der Waals surface area contributed by atoms with Crippen LogP contribution in [0.4, 0.5) is 20.3 Å². The lowest BCUT2D eigenvalue weighted by atomic mass is 10.0. The predicted octanol–water partition coefficient (Wildman–Crippen LogP) is 4.06. The Morgan fingerprint density at radius 1 is 1.06 bits per heavy atom. The lowest BCUT2D eigenvalue weighted by Crippen LogP contribution is -2.45. The molecule has 4 rings (SSSR count). The van der Waals surface area contributed by atoms with Crippen LogP contribution in [-0.2, 0) is 4.79 Å². The lowest BCUT2D eigenvalue weighted by molar-refractivity contribution is -0.110. The van der Waals surface area contributed by atoms with Crippen molar-refractivity contribution in [2.24, 2.45) is 0 Å². The molecule has 2 aromatic heterocycles. The van der Waals surface area contributed by atoms with E-state index in [4.69, 9.17) is 0 Å². The van der Waals surface area contributed by atoms with Gasteiger partial charge in [0, 0.05) is 24.8 Å². The average Bonchev–Trinajstić information content (AvgIpc) is 2.84. The van der Waals surface area contributed by atoms with E-state index in [0.29, 0.717) is 43.8 Å². The molecule has 1 aliphatic rings. The molecule has 3 aromatic rings. The van der Waals surface area contributed by atoms with E-state index in [9.17, 15) is 18.4 Å². The fraction of sp³-hybridized carbons (Fsp3) is 0.167. The summed E-state index contributed by atoms with van der Waals surface area (Å²) in [5.41, 5.74) is 2.02. The van der Waals surface area contributed by atoms with E-state index in [2.05, 4.69) is 15.3 Å². The average molecular weight is 449 g/mol. The summed E-state index contributed by atoms with van der Waals surface area (Å²) >= 11 is 0. The van der Waals surface area contributed by atoms with Crippen molar-refractivity contribution in [3.63, 3.8) is 0 Å². The van der Waals surface area contributed by atoms with E-state index in [1.807, 2.05) is 5.01 Å². The van der Waals surface area contributed by atoms with Gasteiger partial charge in [-0.15, -0.1) is 0 Å². The van der Waals surface area contributed by atoms with E-state index in [1.165, 1.54) is 23.5 Å². The van der Waals surface area contributed by atoms with E-state index >= 15 is 0 Å². The predicted molar refractivity (Wildman–Crippen MR) is 120 cm³/mol. The molecular weight excluding hydrogens is 428 g/mol. The van der Waals surface area contributed by atoms with Crippen LogP contribution in [0.5, 0.6) is 0 Å². The van der Waals surface area contributed by atoms with Gasteiger partial charge >= 0.3 is 0 Å². The zero-order chi connectivity index (χ0) is 23.2. The van der Waals surface area contributed by atoms with Gasteiger partial charge in [0.05, 0.1) is 11.9 Å². The number of aromatic nitrogens is 2. The van der Waals surface area contributed by atoms with Crippen LogP contribution in [0.1, 0.15) is 28.9 Å². The number of hydrogen-bond acceptors (Lipinski definition) is 5. The monoisotopic (exact) mass is 449 g/mol. The smallest absolute Gasteiger partial charge is 0.275 e. The quantitative estimate of drug-likeness (QED) is 0.574. The Balaban J connectivity index is 1.39. The van der Waals surface area contributed by atoms with Crippen LogP contribution in [-0.4, -0.2) is 40.4 Å². The number of rotatable bonds is 6. The SMILES string of the molecule is O=CN(c1ccc(NC(=O)c2ccccn2)nc1)N1CCC(=Cc2cc(F)ccc2F)CC1. The third kappa shape index (κ3) is 5.45.